The van der Waals surface area contributed by atoms with Gasteiger partial charge in [0.05, 0.1) is 13.2 Å². The van der Waals surface area contributed by atoms with Crippen molar-refractivity contribution in [3.63, 3.8) is 0 Å². The fourth-order valence-corrected chi connectivity index (χ4v) is 1.44. The van der Waals surface area contributed by atoms with Crippen molar-refractivity contribution in [2.45, 2.75) is 32.9 Å². The molecule has 0 saturated carbocycles. The van der Waals surface area contributed by atoms with E-state index in [4.69, 9.17) is 4.42 Å². The van der Waals surface area contributed by atoms with E-state index in [1.807, 2.05) is 20.0 Å². The van der Waals surface area contributed by atoms with Gasteiger partial charge in [-0.1, -0.05) is 0 Å². The number of carbonyl (C=O) groups is 1. The van der Waals surface area contributed by atoms with Gasteiger partial charge in [0.25, 0.3) is 0 Å². The number of furan rings is 1. The molecule has 1 aromatic rings. The maximum atomic E-state index is 11.2. The lowest BCUT2D eigenvalue weighted by atomic mass is 10.2. The fraction of sp³-hybridized carbons (Fsp3) is 0.583. The molecular formula is C12H19NO3. The summed E-state index contributed by atoms with van der Waals surface area (Å²) in [5, 5.41) is 0. The molecule has 1 atom stereocenters. The largest absolute Gasteiger partial charge is 0.463 e. The van der Waals surface area contributed by atoms with Gasteiger partial charge < -0.3 is 9.15 Å². The Morgan fingerprint density at radius 1 is 1.38 bits per heavy atom. The second-order valence-electron chi connectivity index (χ2n) is 4.13. The van der Waals surface area contributed by atoms with Crippen molar-refractivity contribution in [2.75, 3.05) is 14.2 Å². The van der Waals surface area contributed by atoms with E-state index in [9.17, 15) is 4.79 Å². The van der Waals surface area contributed by atoms with E-state index in [0.29, 0.717) is 6.04 Å². The van der Waals surface area contributed by atoms with Crippen molar-refractivity contribution in [3.05, 3.63) is 23.7 Å². The highest BCUT2D eigenvalue weighted by molar-refractivity contribution is 5.86. The molecule has 0 fully saturated rings. The van der Waals surface area contributed by atoms with Gasteiger partial charge in [-0.15, -0.1) is 0 Å². The first-order valence-corrected chi connectivity index (χ1v) is 5.37. The van der Waals surface area contributed by atoms with E-state index >= 15 is 0 Å². The minimum atomic E-state index is -0.439. The summed E-state index contributed by atoms with van der Waals surface area (Å²) in [6.45, 7) is 6.27. The van der Waals surface area contributed by atoms with E-state index in [2.05, 4.69) is 23.5 Å². The standard InChI is InChI=1S/C12H19NO3/c1-8(2)13(4)9(3)10-6-7-11(16-10)12(14)15-5/h6-9H,1-5H3. The highest BCUT2D eigenvalue weighted by Gasteiger charge is 2.19. The van der Waals surface area contributed by atoms with Gasteiger partial charge in [-0.3, -0.25) is 4.90 Å². The normalized spacial score (nSPS) is 13.2. The maximum absolute atomic E-state index is 11.2. The molecule has 4 nitrogen and oxygen atoms in total. The van der Waals surface area contributed by atoms with Gasteiger partial charge in [-0.05, 0) is 40.0 Å². The lowest BCUT2D eigenvalue weighted by molar-refractivity contribution is 0.0559. The van der Waals surface area contributed by atoms with Crippen LogP contribution in [0.3, 0.4) is 0 Å². The molecule has 0 N–H and O–H groups in total. The number of esters is 1. The molecule has 1 aromatic heterocycles. The molecule has 1 rings (SSSR count). The molecule has 0 aliphatic rings. The van der Waals surface area contributed by atoms with Crippen molar-refractivity contribution in [2.24, 2.45) is 0 Å². The first-order valence-electron chi connectivity index (χ1n) is 5.37. The summed E-state index contributed by atoms with van der Waals surface area (Å²) in [6.07, 6.45) is 0. The second kappa shape index (κ2) is 5.16. The Bertz CT molecular complexity index is 357. The summed E-state index contributed by atoms with van der Waals surface area (Å²) < 4.78 is 10.0. The third-order valence-corrected chi connectivity index (χ3v) is 2.85. The molecule has 1 heterocycles. The lowest BCUT2D eigenvalue weighted by Gasteiger charge is -2.26. The molecule has 90 valence electrons. The lowest BCUT2D eigenvalue weighted by Crippen LogP contribution is -2.29. The van der Waals surface area contributed by atoms with Gasteiger partial charge in [0.2, 0.25) is 5.76 Å². The molecular weight excluding hydrogens is 206 g/mol. The molecule has 4 heteroatoms. The fourth-order valence-electron chi connectivity index (χ4n) is 1.44. The molecule has 1 unspecified atom stereocenters. The number of carbonyl (C=O) groups excluding carboxylic acids is 1. The van der Waals surface area contributed by atoms with Crippen LogP contribution in [0.4, 0.5) is 0 Å². The summed E-state index contributed by atoms with van der Waals surface area (Å²) >= 11 is 0. The average Bonchev–Trinajstić information content (AvgIpc) is 2.75. The van der Waals surface area contributed by atoms with Crippen LogP contribution in [-0.4, -0.2) is 31.1 Å². The van der Waals surface area contributed by atoms with Crippen molar-refractivity contribution >= 4 is 5.97 Å². The van der Waals surface area contributed by atoms with Crippen LogP contribution in [0, 0.1) is 0 Å². The molecule has 0 spiro atoms. The minimum Gasteiger partial charge on any atom is -0.463 e. The summed E-state index contributed by atoms with van der Waals surface area (Å²) in [7, 11) is 3.36. The molecule has 0 saturated heterocycles. The number of methoxy groups -OCH3 is 1. The monoisotopic (exact) mass is 225 g/mol. The molecule has 0 aliphatic heterocycles. The Morgan fingerprint density at radius 2 is 2.00 bits per heavy atom. The molecule has 0 amide bonds. The summed E-state index contributed by atoms with van der Waals surface area (Å²) in [6, 6.07) is 4.02. The predicted molar refractivity (Wildman–Crippen MR) is 61.4 cm³/mol. The Kier molecular flexibility index (Phi) is 4.12. The third kappa shape index (κ3) is 2.64. The van der Waals surface area contributed by atoms with E-state index in [1.165, 1.54) is 7.11 Å². The van der Waals surface area contributed by atoms with Crippen molar-refractivity contribution in [1.29, 1.82) is 0 Å². The smallest absolute Gasteiger partial charge is 0.373 e. The summed E-state index contributed by atoms with van der Waals surface area (Å²) in [5.74, 6) is 0.587. The topological polar surface area (TPSA) is 42.7 Å². The Morgan fingerprint density at radius 3 is 2.50 bits per heavy atom. The quantitative estimate of drug-likeness (QED) is 0.738. The number of ether oxygens (including phenoxy) is 1. The zero-order valence-corrected chi connectivity index (χ0v) is 10.5. The van der Waals surface area contributed by atoms with E-state index in [-0.39, 0.29) is 11.8 Å². The maximum Gasteiger partial charge on any atom is 0.373 e. The van der Waals surface area contributed by atoms with Gasteiger partial charge in [-0.2, -0.15) is 0 Å². The van der Waals surface area contributed by atoms with Gasteiger partial charge in [0, 0.05) is 6.04 Å². The Balaban J connectivity index is 2.81. The molecule has 0 radical (unpaired) electrons. The van der Waals surface area contributed by atoms with E-state index in [0.717, 1.165) is 5.76 Å². The highest BCUT2D eigenvalue weighted by Crippen LogP contribution is 2.23. The van der Waals surface area contributed by atoms with Gasteiger partial charge in [0.15, 0.2) is 0 Å². The Labute approximate surface area is 96.2 Å². The molecule has 0 bridgehead atoms. The third-order valence-electron chi connectivity index (χ3n) is 2.85. The molecule has 16 heavy (non-hydrogen) atoms. The van der Waals surface area contributed by atoms with Crippen molar-refractivity contribution in [3.8, 4) is 0 Å². The van der Waals surface area contributed by atoms with Crippen LogP contribution < -0.4 is 0 Å². The average molecular weight is 225 g/mol. The van der Waals surface area contributed by atoms with Crippen molar-refractivity contribution in [1.82, 2.24) is 4.90 Å². The number of hydrogen-bond donors (Lipinski definition) is 0. The first kappa shape index (κ1) is 12.8. The zero-order chi connectivity index (χ0) is 12.3. The molecule has 0 aliphatic carbocycles. The van der Waals surface area contributed by atoms with Crippen LogP contribution >= 0.6 is 0 Å². The van der Waals surface area contributed by atoms with Gasteiger partial charge in [-0.25, -0.2) is 4.79 Å². The second-order valence-corrected chi connectivity index (χ2v) is 4.13. The van der Waals surface area contributed by atoms with Crippen LogP contribution in [0.15, 0.2) is 16.5 Å². The zero-order valence-electron chi connectivity index (χ0n) is 10.5. The molecule has 0 aromatic carbocycles. The predicted octanol–water partition coefficient (Wildman–Crippen LogP) is 2.47. The minimum absolute atomic E-state index is 0.137. The van der Waals surface area contributed by atoms with E-state index in [1.54, 1.807) is 6.07 Å². The van der Waals surface area contributed by atoms with Crippen LogP contribution in [0.2, 0.25) is 0 Å². The van der Waals surface area contributed by atoms with Gasteiger partial charge >= 0.3 is 5.97 Å². The van der Waals surface area contributed by atoms with E-state index < -0.39 is 5.97 Å². The van der Waals surface area contributed by atoms with Crippen molar-refractivity contribution < 1.29 is 13.9 Å². The van der Waals surface area contributed by atoms with Gasteiger partial charge in [0.1, 0.15) is 5.76 Å². The van der Waals surface area contributed by atoms with Crippen LogP contribution in [0.1, 0.15) is 43.1 Å². The first-order chi connectivity index (χ1) is 7.47. The van der Waals surface area contributed by atoms with Crippen LogP contribution in [-0.2, 0) is 4.74 Å². The Hall–Kier alpha value is -1.29. The highest BCUT2D eigenvalue weighted by atomic mass is 16.5. The van der Waals surface area contributed by atoms with Crippen LogP contribution in [0.5, 0.6) is 0 Å². The van der Waals surface area contributed by atoms with Crippen LogP contribution in [0.25, 0.3) is 0 Å². The summed E-state index contributed by atoms with van der Waals surface area (Å²) in [5.41, 5.74) is 0. The summed E-state index contributed by atoms with van der Waals surface area (Å²) in [4.78, 5) is 13.4. The number of nitrogens with zero attached hydrogens (tertiary/aromatic N) is 1. The number of hydrogen-bond acceptors (Lipinski definition) is 4. The number of rotatable bonds is 4. The SMILES string of the molecule is COC(=O)c1ccc(C(C)N(C)C(C)C)o1.